The highest BCUT2D eigenvalue weighted by Crippen LogP contribution is 2.48. The van der Waals surface area contributed by atoms with Crippen molar-refractivity contribution in [2.45, 2.75) is 71.2 Å². The number of rotatable bonds is 3. The first kappa shape index (κ1) is 23.0. The number of amides is 2. The van der Waals surface area contributed by atoms with Crippen LogP contribution in [0.4, 0.5) is 4.79 Å². The van der Waals surface area contributed by atoms with E-state index in [1.807, 2.05) is 30.4 Å². The van der Waals surface area contributed by atoms with Gasteiger partial charge in [0.05, 0.1) is 11.7 Å². The summed E-state index contributed by atoms with van der Waals surface area (Å²) >= 11 is 0. The zero-order valence-corrected chi connectivity index (χ0v) is 20.0. The van der Waals surface area contributed by atoms with Gasteiger partial charge in [0.15, 0.2) is 0 Å². The number of allylic oxidation sites excluding steroid dienone is 2. The molecule has 4 rings (SSSR count). The fourth-order valence-electron chi connectivity index (χ4n) is 4.61. The lowest BCUT2D eigenvalue weighted by Crippen LogP contribution is -2.69. The van der Waals surface area contributed by atoms with Gasteiger partial charge in [0, 0.05) is 18.7 Å². The van der Waals surface area contributed by atoms with Gasteiger partial charge in [0.25, 0.3) is 5.91 Å². The molecule has 1 aromatic rings. The molecule has 3 aliphatic rings. The summed E-state index contributed by atoms with van der Waals surface area (Å²) in [6.45, 7) is 11.2. The minimum Gasteiger partial charge on any atom is -0.455 e. The molecule has 0 aliphatic carbocycles. The fraction of sp³-hybridized carbons (Fsp3) is 0.520. The number of likely N-dealkylation sites (tertiary alicyclic amines) is 1. The van der Waals surface area contributed by atoms with Crippen LogP contribution in [0, 0.1) is 5.92 Å². The molecule has 176 valence electrons. The van der Waals surface area contributed by atoms with Gasteiger partial charge >= 0.3 is 12.1 Å². The highest BCUT2D eigenvalue weighted by molar-refractivity contribution is 6.03. The van der Waals surface area contributed by atoms with Crippen LogP contribution in [0.1, 0.15) is 53.7 Å². The Morgan fingerprint density at radius 1 is 1.06 bits per heavy atom. The Morgan fingerprint density at radius 3 is 2.36 bits per heavy atom. The smallest absolute Gasteiger partial charge is 0.411 e. The average Bonchev–Trinajstić information content (AvgIpc) is 3.06. The number of carbonyl (C=O) groups is 3. The quantitative estimate of drug-likeness (QED) is 0.514. The third kappa shape index (κ3) is 4.51. The van der Waals surface area contributed by atoms with Crippen LogP contribution in [0.5, 0.6) is 0 Å². The Labute approximate surface area is 194 Å². The SMILES string of the molecule is CC(C)(C)OC(=O)C1=C(C=Cc2ccccn2)CC2CN(C(=O)OC(C)(C)C)C3C(=O)N1[C@H]23. The minimum absolute atomic E-state index is 0.00906. The summed E-state index contributed by atoms with van der Waals surface area (Å²) in [5.74, 6) is -0.809. The zero-order chi connectivity index (χ0) is 24.1. The first-order valence-electron chi connectivity index (χ1n) is 11.2. The van der Waals surface area contributed by atoms with Crippen LogP contribution < -0.4 is 0 Å². The summed E-state index contributed by atoms with van der Waals surface area (Å²) in [4.78, 5) is 46.5. The van der Waals surface area contributed by atoms with Crippen molar-refractivity contribution < 1.29 is 23.9 Å². The Kier molecular flexibility index (Phi) is 5.58. The summed E-state index contributed by atoms with van der Waals surface area (Å²) in [5.41, 5.74) is 0.334. The molecule has 2 unspecified atom stereocenters. The van der Waals surface area contributed by atoms with Gasteiger partial charge in [-0.2, -0.15) is 0 Å². The predicted octanol–water partition coefficient (Wildman–Crippen LogP) is 3.54. The highest BCUT2D eigenvalue weighted by atomic mass is 16.6. The zero-order valence-electron chi connectivity index (χ0n) is 20.0. The average molecular weight is 454 g/mol. The van der Waals surface area contributed by atoms with Crippen molar-refractivity contribution in [2.24, 2.45) is 5.92 Å². The number of pyridine rings is 1. The molecule has 0 radical (unpaired) electrons. The number of carbonyl (C=O) groups excluding carboxylic acids is 3. The van der Waals surface area contributed by atoms with E-state index in [1.165, 1.54) is 9.80 Å². The molecule has 3 atom stereocenters. The monoisotopic (exact) mass is 453 g/mol. The molecule has 0 bridgehead atoms. The lowest BCUT2D eigenvalue weighted by Gasteiger charge is -2.50. The molecule has 4 heterocycles. The second-order valence-electron chi connectivity index (χ2n) is 10.7. The number of hydrogen-bond donors (Lipinski definition) is 0. The van der Waals surface area contributed by atoms with Crippen LogP contribution in [0.3, 0.4) is 0 Å². The second-order valence-corrected chi connectivity index (χ2v) is 10.7. The van der Waals surface area contributed by atoms with Crippen molar-refractivity contribution in [3.63, 3.8) is 0 Å². The number of ether oxygens (including phenoxy) is 2. The standard InChI is InChI=1S/C25H31N3O5/c1-24(2,3)32-22(30)19-15(10-11-17-9-7-8-12-26-17)13-16-14-27(23(31)33-25(4,5)6)20-18(16)28(19)21(20)29/h7-12,16,18,20H,13-14H2,1-6H3/t16?,18-,20?/m1/s1. The summed E-state index contributed by atoms with van der Waals surface area (Å²) in [6, 6.07) is 4.71. The van der Waals surface area contributed by atoms with E-state index >= 15 is 0 Å². The first-order valence-corrected chi connectivity index (χ1v) is 11.2. The van der Waals surface area contributed by atoms with Crippen LogP contribution in [0.25, 0.3) is 6.08 Å². The first-order chi connectivity index (χ1) is 15.4. The number of β-lactam (4-membered cyclic amide) rings is 1. The van der Waals surface area contributed by atoms with E-state index in [1.54, 1.807) is 47.7 Å². The van der Waals surface area contributed by atoms with Gasteiger partial charge in [-0.1, -0.05) is 12.1 Å². The van der Waals surface area contributed by atoms with Crippen molar-refractivity contribution in [1.82, 2.24) is 14.8 Å². The highest BCUT2D eigenvalue weighted by Gasteiger charge is 2.64. The summed E-state index contributed by atoms with van der Waals surface area (Å²) in [5, 5.41) is 0. The molecular weight excluding hydrogens is 422 g/mol. The third-order valence-electron chi connectivity index (χ3n) is 5.75. The van der Waals surface area contributed by atoms with E-state index in [9.17, 15) is 14.4 Å². The Bertz CT molecular complexity index is 1030. The summed E-state index contributed by atoms with van der Waals surface area (Å²) < 4.78 is 11.2. The molecular formula is C25H31N3O5. The molecule has 0 spiro atoms. The number of nitrogens with zero attached hydrogens (tertiary/aromatic N) is 3. The molecule has 2 saturated heterocycles. The van der Waals surface area contributed by atoms with E-state index < -0.39 is 29.3 Å². The second kappa shape index (κ2) is 8.01. The normalized spacial score (nSPS) is 24.7. The van der Waals surface area contributed by atoms with Gasteiger partial charge in [-0.25, -0.2) is 9.59 Å². The van der Waals surface area contributed by atoms with Crippen LogP contribution >= 0.6 is 0 Å². The van der Waals surface area contributed by atoms with E-state index in [0.717, 1.165) is 5.69 Å². The topological polar surface area (TPSA) is 89.0 Å². The predicted molar refractivity (Wildman–Crippen MR) is 122 cm³/mol. The summed E-state index contributed by atoms with van der Waals surface area (Å²) in [6.07, 6.45) is 5.39. The van der Waals surface area contributed by atoms with Gasteiger partial charge < -0.3 is 9.47 Å². The van der Waals surface area contributed by atoms with Crippen LogP contribution in [-0.4, -0.2) is 62.6 Å². The number of aromatic nitrogens is 1. The van der Waals surface area contributed by atoms with Crippen LogP contribution in [-0.2, 0) is 19.1 Å². The van der Waals surface area contributed by atoms with E-state index in [4.69, 9.17) is 9.47 Å². The van der Waals surface area contributed by atoms with Crippen molar-refractivity contribution in [1.29, 1.82) is 0 Å². The minimum atomic E-state index is -0.706. The molecule has 0 saturated carbocycles. The van der Waals surface area contributed by atoms with Gasteiger partial charge in [-0.3, -0.25) is 19.6 Å². The largest absolute Gasteiger partial charge is 0.455 e. The lowest BCUT2D eigenvalue weighted by molar-refractivity contribution is -0.163. The number of hydrogen-bond acceptors (Lipinski definition) is 6. The number of esters is 1. The molecule has 1 aromatic heterocycles. The summed E-state index contributed by atoms with van der Waals surface area (Å²) in [7, 11) is 0. The molecule has 0 N–H and O–H groups in total. The van der Waals surface area contributed by atoms with Crippen molar-refractivity contribution in [2.75, 3.05) is 6.54 Å². The van der Waals surface area contributed by atoms with Crippen molar-refractivity contribution in [3.8, 4) is 0 Å². The van der Waals surface area contributed by atoms with Gasteiger partial charge in [-0.05, 0) is 71.7 Å². The molecule has 3 aliphatic heterocycles. The molecule has 8 heteroatoms. The molecule has 0 aromatic carbocycles. The van der Waals surface area contributed by atoms with Crippen LogP contribution in [0.2, 0.25) is 0 Å². The molecule has 2 amide bonds. The Hall–Kier alpha value is -3.16. The maximum absolute atomic E-state index is 13.2. The Morgan fingerprint density at radius 2 is 1.76 bits per heavy atom. The van der Waals surface area contributed by atoms with Gasteiger partial charge in [-0.15, -0.1) is 0 Å². The van der Waals surface area contributed by atoms with Gasteiger partial charge in [0.2, 0.25) is 0 Å². The van der Waals surface area contributed by atoms with Gasteiger partial charge in [0.1, 0.15) is 22.9 Å². The molecule has 8 nitrogen and oxygen atoms in total. The van der Waals surface area contributed by atoms with Crippen molar-refractivity contribution >= 4 is 24.0 Å². The van der Waals surface area contributed by atoms with Crippen molar-refractivity contribution in [3.05, 3.63) is 47.4 Å². The maximum atomic E-state index is 13.2. The Balaban J connectivity index is 1.67. The fourth-order valence-corrected chi connectivity index (χ4v) is 4.61. The van der Waals surface area contributed by atoms with E-state index in [0.29, 0.717) is 18.5 Å². The molecule has 2 fully saturated rings. The van der Waals surface area contributed by atoms with E-state index in [2.05, 4.69) is 4.98 Å². The van der Waals surface area contributed by atoms with Crippen LogP contribution in [0.15, 0.2) is 41.7 Å². The van der Waals surface area contributed by atoms with E-state index in [-0.39, 0.29) is 23.6 Å². The maximum Gasteiger partial charge on any atom is 0.411 e. The lowest BCUT2D eigenvalue weighted by atomic mass is 9.79. The third-order valence-corrected chi connectivity index (χ3v) is 5.75. The molecule has 33 heavy (non-hydrogen) atoms.